The van der Waals surface area contributed by atoms with Gasteiger partial charge >= 0.3 is 6.09 Å². The van der Waals surface area contributed by atoms with Crippen LogP contribution in [0.4, 0.5) is 4.79 Å². The molecule has 0 aliphatic carbocycles. The molecule has 0 unspecified atom stereocenters. The van der Waals surface area contributed by atoms with E-state index in [0.717, 1.165) is 22.3 Å². The zero-order chi connectivity index (χ0) is 27.7. The maximum atomic E-state index is 14.2. The molecule has 0 spiro atoms. The summed E-state index contributed by atoms with van der Waals surface area (Å²) in [6.07, 6.45) is 1.33. The molecule has 0 radical (unpaired) electrons. The van der Waals surface area contributed by atoms with E-state index >= 15 is 0 Å². The van der Waals surface area contributed by atoms with Crippen molar-refractivity contribution in [2.45, 2.75) is 40.2 Å². The third-order valence-corrected chi connectivity index (χ3v) is 6.74. The Balaban J connectivity index is 1.57. The zero-order valence-electron chi connectivity index (χ0n) is 23.1. The molecule has 8 nitrogen and oxygen atoms in total. The Morgan fingerprint density at radius 3 is 2.10 bits per heavy atom. The van der Waals surface area contributed by atoms with E-state index in [1.807, 2.05) is 99.8 Å². The lowest BCUT2D eigenvalue weighted by Crippen LogP contribution is -2.51. The Hall–Kier alpha value is -4.33. The number of hydrogen-bond acceptors (Lipinski definition) is 5. The highest BCUT2D eigenvalue weighted by Gasteiger charge is 2.33. The summed E-state index contributed by atoms with van der Waals surface area (Å²) >= 11 is 0. The Morgan fingerprint density at radius 1 is 0.821 bits per heavy atom. The van der Waals surface area contributed by atoms with Crippen molar-refractivity contribution in [2.75, 3.05) is 26.2 Å². The highest BCUT2D eigenvalue weighted by atomic mass is 16.6. The summed E-state index contributed by atoms with van der Waals surface area (Å²) in [4.78, 5) is 34.8. The molecule has 8 heteroatoms. The second kappa shape index (κ2) is 10.4. The van der Waals surface area contributed by atoms with E-state index in [0.29, 0.717) is 48.9 Å². The van der Waals surface area contributed by atoms with E-state index in [4.69, 9.17) is 9.47 Å². The van der Waals surface area contributed by atoms with Gasteiger partial charge in [0.05, 0.1) is 5.52 Å². The summed E-state index contributed by atoms with van der Waals surface area (Å²) in [5.41, 5.74) is 3.99. The average Bonchev–Trinajstić information content (AvgIpc) is 3.24. The van der Waals surface area contributed by atoms with Crippen LogP contribution in [0.25, 0.3) is 16.7 Å². The van der Waals surface area contributed by atoms with Crippen LogP contribution >= 0.6 is 0 Å². The lowest BCUT2D eigenvalue weighted by Gasteiger charge is -2.35. The number of carbonyl (C=O) groups excluding carboxylic acids is 2. The summed E-state index contributed by atoms with van der Waals surface area (Å²) in [7, 11) is 0. The van der Waals surface area contributed by atoms with E-state index in [1.54, 1.807) is 16.0 Å². The molecule has 1 fully saturated rings. The van der Waals surface area contributed by atoms with Crippen LogP contribution in [-0.4, -0.2) is 63.1 Å². The topological polar surface area (TPSA) is 76.9 Å². The Kier molecular flexibility index (Phi) is 7.04. The van der Waals surface area contributed by atoms with Crippen molar-refractivity contribution in [3.63, 3.8) is 0 Å². The van der Waals surface area contributed by atoms with Gasteiger partial charge in [-0.2, -0.15) is 0 Å². The van der Waals surface area contributed by atoms with Crippen molar-refractivity contribution in [1.29, 1.82) is 0 Å². The first-order valence-electron chi connectivity index (χ1n) is 13.2. The zero-order valence-corrected chi connectivity index (χ0v) is 23.1. The van der Waals surface area contributed by atoms with Crippen LogP contribution in [-0.2, 0) is 4.74 Å². The Bertz CT molecular complexity index is 1490. The number of hydrogen-bond donors (Lipinski definition) is 0. The Labute approximate surface area is 228 Å². The monoisotopic (exact) mass is 526 g/mol. The van der Waals surface area contributed by atoms with Crippen LogP contribution in [0.1, 0.15) is 42.3 Å². The molecule has 3 heterocycles. The van der Waals surface area contributed by atoms with E-state index in [2.05, 4.69) is 4.98 Å². The minimum atomic E-state index is -0.574. The summed E-state index contributed by atoms with van der Waals surface area (Å²) < 4.78 is 14.1. The van der Waals surface area contributed by atoms with Crippen LogP contribution in [0.2, 0.25) is 0 Å². The third-order valence-electron chi connectivity index (χ3n) is 6.74. The lowest BCUT2D eigenvalue weighted by atomic mass is 10.1. The molecule has 0 bridgehead atoms. The molecular formula is C31H34N4O4. The molecule has 1 saturated heterocycles. The van der Waals surface area contributed by atoms with E-state index < -0.39 is 5.60 Å². The van der Waals surface area contributed by atoms with Crippen molar-refractivity contribution in [2.24, 2.45) is 0 Å². The van der Waals surface area contributed by atoms with Crippen LogP contribution < -0.4 is 4.74 Å². The fourth-order valence-electron chi connectivity index (χ4n) is 4.85. The van der Waals surface area contributed by atoms with Gasteiger partial charge in [-0.05, 0) is 70.0 Å². The molecule has 2 aromatic carbocycles. The van der Waals surface area contributed by atoms with Crippen LogP contribution in [0.15, 0.2) is 66.9 Å². The number of fused-ring (bicyclic) bond motifs is 1. The van der Waals surface area contributed by atoms with E-state index in [-0.39, 0.29) is 12.0 Å². The molecular weight excluding hydrogens is 492 g/mol. The van der Waals surface area contributed by atoms with Crippen molar-refractivity contribution >= 4 is 23.0 Å². The van der Waals surface area contributed by atoms with Crippen molar-refractivity contribution < 1.29 is 19.1 Å². The summed E-state index contributed by atoms with van der Waals surface area (Å²) in [6.45, 7) is 11.1. The van der Waals surface area contributed by atoms with Crippen molar-refractivity contribution in [3.8, 4) is 17.3 Å². The van der Waals surface area contributed by atoms with E-state index in [1.165, 1.54) is 0 Å². The van der Waals surface area contributed by atoms with Gasteiger partial charge in [0.25, 0.3) is 5.91 Å². The predicted molar refractivity (Wildman–Crippen MR) is 151 cm³/mol. The predicted octanol–water partition coefficient (Wildman–Crippen LogP) is 6.13. The maximum Gasteiger partial charge on any atom is 0.410 e. The number of pyridine rings is 1. The second-order valence-corrected chi connectivity index (χ2v) is 10.8. The number of amides is 2. The van der Waals surface area contributed by atoms with Gasteiger partial charge in [-0.3, -0.25) is 14.3 Å². The molecule has 1 aliphatic heterocycles. The number of piperazine rings is 1. The highest BCUT2D eigenvalue weighted by Crippen LogP contribution is 2.39. The highest BCUT2D eigenvalue weighted by molar-refractivity contribution is 6.09. The largest absolute Gasteiger partial charge is 0.444 e. The number of aryl methyl sites for hydroxylation is 2. The van der Waals surface area contributed by atoms with Gasteiger partial charge in [0.1, 0.15) is 22.4 Å². The molecule has 39 heavy (non-hydrogen) atoms. The minimum absolute atomic E-state index is 0.182. The van der Waals surface area contributed by atoms with Gasteiger partial charge in [-0.15, -0.1) is 0 Å². The maximum absolute atomic E-state index is 14.2. The first kappa shape index (κ1) is 26.3. The number of benzene rings is 2. The minimum Gasteiger partial charge on any atom is -0.444 e. The standard InChI is InChI=1S/C31H34N4O4/c1-21-11-9-12-22(2)27(21)38-29-25(26-24(15-10-16-32-26)35(29)23-13-7-6-8-14-23)28(36)33-17-19-34(20-18-33)30(37)39-31(3,4)5/h6-16H,17-20H2,1-5H3. The van der Waals surface area contributed by atoms with Gasteiger partial charge in [0.15, 0.2) is 0 Å². The first-order chi connectivity index (χ1) is 18.6. The summed E-state index contributed by atoms with van der Waals surface area (Å²) in [6, 6.07) is 19.6. The smallest absolute Gasteiger partial charge is 0.410 e. The first-order valence-corrected chi connectivity index (χ1v) is 13.2. The number of nitrogens with zero attached hydrogens (tertiary/aromatic N) is 4. The van der Waals surface area contributed by atoms with Gasteiger partial charge in [0, 0.05) is 38.1 Å². The molecule has 2 aromatic heterocycles. The SMILES string of the molecule is Cc1cccc(C)c1Oc1c(C(=O)N2CCN(C(=O)OC(C)(C)C)CC2)c2ncccc2n1-c1ccccc1. The molecule has 0 N–H and O–H groups in total. The fourth-order valence-corrected chi connectivity index (χ4v) is 4.85. The van der Waals surface area contributed by atoms with Crippen LogP contribution in [0.3, 0.4) is 0 Å². The molecule has 0 atom stereocenters. The summed E-state index contributed by atoms with van der Waals surface area (Å²) in [5, 5.41) is 0. The number of carbonyl (C=O) groups is 2. The van der Waals surface area contributed by atoms with Crippen LogP contribution in [0.5, 0.6) is 11.6 Å². The van der Waals surface area contributed by atoms with Gasteiger partial charge in [0.2, 0.25) is 5.88 Å². The second-order valence-electron chi connectivity index (χ2n) is 10.8. The van der Waals surface area contributed by atoms with Crippen molar-refractivity contribution in [1.82, 2.24) is 19.4 Å². The molecule has 202 valence electrons. The third kappa shape index (κ3) is 5.32. The average molecular weight is 527 g/mol. The molecule has 5 rings (SSSR count). The van der Waals surface area contributed by atoms with Gasteiger partial charge in [-0.25, -0.2) is 4.79 Å². The lowest BCUT2D eigenvalue weighted by molar-refractivity contribution is 0.0140. The molecule has 0 saturated carbocycles. The normalized spacial score (nSPS) is 14.0. The van der Waals surface area contributed by atoms with Crippen LogP contribution in [0, 0.1) is 13.8 Å². The molecule has 4 aromatic rings. The fraction of sp³-hybridized carbons (Fsp3) is 0.323. The molecule has 2 amide bonds. The quantitative estimate of drug-likeness (QED) is 0.320. The summed E-state index contributed by atoms with van der Waals surface area (Å²) in [5.74, 6) is 0.951. The number of para-hydroxylation sites is 2. The van der Waals surface area contributed by atoms with Crippen molar-refractivity contribution in [3.05, 3.63) is 83.6 Å². The number of ether oxygens (including phenoxy) is 2. The number of aromatic nitrogens is 2. The molecule has 1 aliphatic rings. The number of rotatable bonds is 4. The van der Waals surface area contributed by atoms with E-state index in [9.17, 15) is 9.59 Å². The Morgan fingerprint density at radius 2 is 1.46 bits per heavy atom. The van der Waals surface area contributed by atoms with Gasteiger partial charge in [-0.1, -0.05) is 36.4 Å². The van der Waals surface area contributed by atoms with Gasteiger partial charge < -0.3 is 19.3 Å².